The van der Waals surface area contributed by atoms with Crippen LogP contribution in [0.5, 0.6) is 0 Å². The lowest BCUT2D eigenvalue weighted by molar-refractivity contribution is -0.130. The summed E-state index contributed by atoms with van der Waals surface area (Å²) in [6.45, 7) is 7.70. The van der Waals surface area contributed by atoms with Gasteiger partial charge in [-0.15, -0.1) is 0 Å². The van der Waals surface area contributed by atoms with Gasteiger partial charge in [0, 0.05) is 26.1 Å². The maximum absolute atomic E-state index is 12.3. The number of likely N-dealkylation sites (tertiary alicyclic amines) is 1. The van der Waals surface area contributed by atoms with Crippen molar-refractivity contribution in [3.8, 4) is 0 Å². The van der Waals surface area contributed by atoms with E-state index in [1.165, 1.54) is 32.2 Å². The van der Waals surface area contributed by atoms with Gasteiger partial charge in [0.2, 0.25) is 5.91 Å². The predicted molar refractivity (Wildman–Crippen MR) is 82.7 cm³/mol. The fourth-order valence-corrected chi connectivity index (χ4v) is 3.63. The van der Waals surface area contributed by atoms with E-state index in [4.69, 9.17) is 0 Å². The smallest absolute Gasteiger partial charge is 0.222 e. The van der Waals surface area contributed by atoms with Crippen molar-refractivity contribution in [3.63, 3.8) is 0 Å². The van der Waals surface area contributed by atoms with E-state index in [1.54, 1.807) is 0 Å². The second-order valence-corrected chi connectivity index (χ2v) is 6.45. The summed E-state index contributed by atoms with van der Waals surface area (Å²) in [5.74, 6) is 1.04. The summed E-state index contributed by atoms with van der Waals surface area (Å²) in [6, 6.07) is 0.588. The highest BCUT2D eigenvalue weighted by Crippen LogP contribution is 2.19. The third-order valence-electron chi connectivity index (χ3n) is 4.98. The van der Waals surface area contributed by atoms with Crippen molar-refractivity contribution in [2.75, 3.05) is 39.8 Å². The largest absolute Gasteiger partial charge is 0.344 e. The van der Waals surface area contributed by atoms with Gasteiger partial charge in [-0.05, 0) is 64.2 Å². The van der Waals surface area contributed by atoms with Gasteiger partial charge >= 0.3 is 0 Å². The molecule has 2 aliphatic rings. The molecule has 2 aliphatic heterocycles. The second-order valence-electron chi connectivity index (χ2n) is 6.45. The highest BCUT2D eigenvalue weighted by molar-refractivity contribution is 5.75. The van der Waals surface area contributed by atoms with Crippen LogP contribution in [0.25, 0.3) is 0 Å². The summed E-state index contributed by atoms with van der Waals surface area (Å²) >= 11 is 0. The predicted octanol–water partition coefficient (Wildman–Crippen LogP) is 1.71. The van der Waals surface area contributed by atoms with Gasteiger partial charge in [0.15, 0.2) is 0 Å². The van der Waals surface area contributed by atoms with Crippen LogP contribution in [0.4, 0.5) is 0 Å². The minimum Gasteiger partial charge on any atom is -0.344 e. The average Bonchev–Trinajstić information content (AvgIpc) is 2.93. The monoisotopic (exact) mass is 281 g/mol. The van der Waals surface area contributed by atoms with Crippen LogP contribution in [-0.2, 0) is 4.79 Å². The van der Waals surface area contributed by atoms with E-state index in [-0.39, 0.29) is 0 Å². The molecule has 0 aliphatic carbocycles. The topological polar surface area (TPSA) is 35.6 Å². The van der Waals surface area contributed by atoms with Crippen LogP contribution in [0.3, 0.4) is 0 Å². The standard InChI is InChI=1S/C16H31N3O/c1-3-19-11-5-7-15(19)13-18(2)16(20)9-8-14-6-4-10-17-12-14/h14-15,17H,3-13H2,1-2H3. The molecule has 2 rings (SSSR count). The zero-order chi connectivity index (χ0) is 14.4. The van der Waals surface area contributed by atoms with Crippen molar-refractivity contribution < 1.29 is 4.79 Å². The van der Waals surface area contributed by atoms with Crippen LogP contribution >= 0.6 is 0 Å². The lowest BCUT2D eigenvalue weighted by Crippen LogP contribution is -2.41. The van der Waals surface area contributed by atoms with E-state index < -0.39 is 0 Å². The highest BCUT2D eigenvalue weighted by atomic mass is 16.2. The van der Waals surface area contributed by atoms with Crippen LogP contribution < -0.4 is 5.32 Å². The SMILES string of the molecule is CCN1CCCC1CN(C)C(=O)CCC1CCCNC1. The van der Waals surface area contributed by atoms with Crippen LogP contribution in [0.2, 0.25) is 0 Å². The first kappa shape index (κ1) is 15.8. The van der Waals surface area contributed by atoms with E-state index in [9.17, 15) is 4.79 Å². The molecule has 2 fully saturated rings. The number of hydrogen-bond donors (Lipinski definition) is 1. The normalized spacial score (nSPS) is 27.7. The number of carbonyl (C=O) groups excluding carboxylic acids is 1. The second kappa shape index (κ2) is 7.99. The summed E-state index contributed by atoms with van der Waals surface area (Å²) < 4.78 is 0. The first-order chi connectivity index (χ1) is 9.70. The molecule has 2 saturated heterocycles. The molecule has 4 heteroatoms. The number of nitrogens with one attached hydrogen (secondary N) is 1. The van der Waals surface area contributed by atoms with Gasteiger partial charge in [0.05, 0.1) is 0 Å². The minimum atomic E-state index is 0.332. The molecule has 116 valence electrons. The number of piperidine rings is 1. The number of hydrogen-bond acceptors (Lipinski definition) is 3. The van der Waals surface area contributed by atoms with Crippen LogP contribution in [-0.4, -0.2) is 61.5 Å². The summed E-state index contributed by atoms with van der Waals surface area (Å²) in [7, 11) is 1.98. The number of likely N-dealkylation sites (N-methyl/N-ethyl adjacent to an activating group) is 2. The van der Waals surface area contributed by atoms with E-state index in [1.807, 2.05) is 11.9 Å². The summed E-state index contributed by atoms with van der Waals surface area (Å²) in [5, 5.41) is 3.43. The molecule has 0 spiro atoms. The first-order valence-electron chi connectivity index (χ1n) is 8.39. The van der Waals surface area contributed by atoms with Gasteiger partial charge in [0.25, 0.3) is 0 Å². The van der Waals surface area contributed by atoms with Gasteiger partial charge in [0.1, 0.15) is 0 Å². The molecule has 1 amide bonds. The summed E-state index contributed by atoms with van der Waals surface area (Å²) in [4.78, 5) is 16.7. The summed E-state index contributed by atoms with van der Waals surface area (Å²) in [5.41, 5.74) is 0. The third kappa shape index (κ3) is 4.45. The maximum Gasteiger partial charge on any atom is 0.222 e. The molecule has 0 aromatic carbocycles. The number of amides is 1. The summed E-state index contributed by atoms with van der Waals surface area (Å²) in [6.07, 6.45) is 6.87. The van der Waals surface area contributed by atoms with Crippen molar-refractivity contribution >= 4 is 5.91 Å². The van der Waals surface area contributed by atoms with Crippen molar-refractivity contribution in [2.24, 2.45) is 5.92 Å². The zero-order valence-electron chi connectivity index (χ0n) is 13.2. The molecule has 0 saturated carbocycles. The molecule has 2 unspecified atom stereocenters. The van der Waals surface area contributed by atoms with E-state index in [0.29, 0.717) is 17.9 Å². The Kier molecular flexibility index (Phi) is 6.30. The van der Waals surface area contributed by atoms with Gasteiger partial charge in [-0.3, -0.25) is 9.69 Å². The van der Waals surface area contributed by atoms with Crippen LogP contribution in [0.15, 0.2) is 0 Å². The third-order valence-corrected chi connectivity index (χ3v) is 4.98. The quantitative estimate of drug-likeness (QED) is 0.805. The Bertz CT molecular complexity index is 302. The Morgan fingerprint density at radius 2 is 2.20 bits per heavy atom. The van der Waals surface area contributed by atoms with E-state index >= 15 is 0 Å². The minimum absolute atomic E-state index is 0.332. The molecule has 0 aromatic heterocycles. The molecule has 20 heavy (non-hydrogen) atoms. The van der Waals surface area contributed by atoms with Crippen molar-refractivity contribution in [1.29, 1.82) is 0 Å². The number of rotatable bonds is 6. The fraction of sp³-hybridized carbons (Fsp3) is 0.938. The molecule has 2 atom stereocenters. The Labute approximate surface area is 123 Å². The fourth-order valence-electron chi connectivity index (χ4n) is 3.63. The van der Waals surface area contributed by atoms with E-state index in [0.717, 1.165) is 39.0 Å². The molecule has 0 aromatic rings. The van der Waals surface area contributed by atoms with Crippen molar-refractivity contribution in [3.05, 3.63) is 0 Å². The molecule has 0 radical (unpaired) electrons. The zero-order valence-corrected chi connectivity index (χ0v) is 13.2. The highest BCUT2D eigenvalue weighted by Gasteiger charge is 2.25. The molecular weight excluding hydrogens is 250 g/mol. The van der Waals surface area contributed by atoms with Gasteiger partial charge in [-0.1, -0.05) is 6.92 Å². The Hall–Kier alpha value is -0.610. The lowest BCUT2D eigenvalue weighted by Gasteiger charge is -2.28. The molecule has 2 heterocycles. The van der Waals surface area contributed by atoms with Crippen molar-refractivity contribution in [2.45, 2.75) is 51.5 Å². The maximum atomic E-state index is 12.3. The Morgan fingerprint density at radius 3 is 2.90 bits per heavy atom. The van der Waals surface area contributed by atoms with Gasteiger partial charge < -0.3 is 10.2 Å². The number of nitrogens with zero attached hydrogens (tertiary/aromatic N) is 2. The Morgan fingerprint density at radius 1 is 1.35 bits per heavy atom. The average molecular weight is 281 g/mol. The van der Waals surface area contributed by atoms with Crippen molar-refractivity contribution in [1.82, 2.24) is 15.1 Å². The number of carbonyl (C=O) groups is 1. The Balaban J connectivity index is 1.68. The molecular formula is C16H31N3O. The first-order valence-corrected chi connectivity index (χ1v) is 8.39. The van der Waals surface area contributed by atoms with Gasteiger partial charge in [-0.25, -0.2) is 0 Å². The molecule has 4 nitrogen and oxygen atoms in total. The lowest BCUT2D eigenvalue weighted by atomic mass is 9.94. The van der Waals surface area contributed by atoms with Crippen LogP contribution in [0.1, 0.15) is 45.4 Å². The molecule has 0 bridgehead atoms. The van der Waals surface area contributed by atoms with Gasteiger partial charge in [-0.2, -0.15) is 0 Å². The van der Waals surface area contributed by atoms with Crippen LogP contribution in [0, 0.1) is 5.92 Å². The molecule has 1 N–H and O–H groups in total. The van der Waals surface area contributed by atoms with E-state index in [2.05, 4.69) is 17.1 Å².